The number of ketones is 2. The van der Waals surface area contributed by atoms with E-state index in [1.165, 1.54) is 86.5 Å². The molecule has 5 aliphatic carbocycles. The van der Waals surface area contributed by atoms with E-state index in [-0.39, 0.29) is 53.0 Å². The van der Waals surface area contributed by atoms with Gasteiger partial charge in [-0.2, -0.15) is 26.3 Å². The second kappa shape index (κ2) is 48.3. The fourth-order valence-corrected chi connectivity index (χ4v) is 12.6. The third-order valence-corrected chi connectivity index (χ3v) is 26.5. The molecule has 0 radical (unpaired) electrons. The molecule has 9 nitrogen and oxygen atoms in total. The topological polar surface area (TPSA) is 155 Å². The monoisotopic (exact) mass is 1660 g/mol. The normalized spacial score (nSPS) is 18.5. The molecule has 0 amide bonds. The van der Waals surface area contributed by atoms with Crippen LogP contribution in [0.1, 0.15) is 424 Å². The fourth-order valence-electron chi connectivity index (χ4n) is 12.6. The summed E-state index contributed by atoms with van der Waals surface area (Å²) >= 11 is 0. The number of hydrogen-bond acceptors (Lipinski definition) is 6. The van der Waals surface area contributed by atoms with Crippen LogP contribution in [-0.4, -0.2) is 77.5 Å². The number of rotatable bonds is 10. The number of hydrogen-bond donors (Lipinski definition) is 3. The average Bonchev–Trinajstić information content (AvgIpc) is 1.60. The van der Waals surface area contributed by atoms with Gasteiger partial charge in [0.25, 0.3) is 0 Å². The zero-order chi connectivity index (χ0) is 94.1. The van der Waals surface area contributed by atoms with Crippen LogP contribution >= 0.6 is 0 Å². The van der Waals surface area contributed by atoms with E-state index in [4.69, 9.17) is 20.1 Å². The molecule has 3 N–H and O–H groups in total. The molecule has 0 bridgehead atoms. The van der Waals surface area contributed by atoms with E-state index in [9.17, 15) is 54.7 Å². The summed E-state index contributed by atoms with van der Waals surface area (Å²) in [7, 11) is 1.75. The Balaban J connectivity index is -0.000000181. The highest BCUT2D eigenvalue weighted by Gasteiger charge is 2.58. The van der Waals surface area contributed by atoms with Crippen LogP contribution in [0, 0.1) is 152 Å². The third-order valence-electron chi connectivity index (χ3n) is 26.5. The number of carbonyl (C=O) groups is 5. The second-order valence-electron chi connectivity index (χ2n) is 49.4. The van der Waals surface area contributed by atoms with Gasteiger partial charge >= 0.3 is 30.3 Å². The van der Waals surface area contributed by atoms with Gasteiger partial charge in [-0.15, -0.1) is 0 Å². The van der Waals surface area contributed by atoms with E-state index in [2.05, 4.69) is 215 Å². The lowest BCUT2D eigenvalue weighted by Crippen LogP contribution is -2.39. The molecule has 0 aromatic rings. The summed E-state index contributed by atoms with van der Waals surface area (Å²) in [6.45, 7) is 103. The first-order valence-electron chi connectivity index (χ1n) is 43.2. The molecule has 0 spiro atoms. The van der Waals surface area contributed by atoms with Crippen molar-refractivity contribution in [2.45, 2.75) is 437 Å². The van der Waals surface area contributed by atoms with Crippen LogP contribution in [-0.2, 0) is 28.7 Å². The van der Waals surface area contributed by atoms with Gasteiger partial charge in [0.15, 0.2) is 0 Å². The number of Topliss-reactive ketones (excluding diaryl/α,β-unsaturated/α-hetero) is 2. The molecule has 0 heterocycles. The summed E-state index contributed by atoms with van der Waals surface area (Å²) in [5, 5.41) is 25.9. The summed E-state index contributed by atoms with van der Waals surface area (Å²) < 4.78 is 90.8. The van der Waals surface area contributed by atoms with Crippen LogP contribution in [0.15, 0.2) is 0 Å². The Labute approximate surface area is 709 Å². The van der Waals surface area contributed by atoms with E-state index < -0.39 is 69.9 Å². The highest BCUT2D eigenvalue weighted by atomic mass is 19.4. The van der Waals surface area contributed by atoms with Crippen LogP contribution < -0.4 is 0 Å². The first kappa shape index (κ1) is 128. The summed E-state index contributed by atoms with van der Waals surface area (Å²) in [4.78, 5) is 52.9. The van der Waals surface area contributed by atoms with Crippen molar-refractivity contribution in [3.8, 4) is 0 Å². The summed E-state index contributed by atoms with van der Waals surface area (Å²) in [5.41, 5.74) is 1.53. The van der Waals surface area contributed by atoms with Gasteiger partial charge in [0.05, 0.1) is 23.9 Å². The molecular formula is C99H197F7O9. The number of alkyl halides is 7. The molecule has 16 heteroatoms. The van der Waals surface area contributed by atoms with Crippen molar-refractivity contribution in [3.05, 3.63) is 0 Å². The van der Waals surface area contributed by atoms with E-state index in [0.717, 1.165) is 81.6 Å². The first-order valence-corrected chi connectivity index (χ1v) is 43.2. The van der Waals surface area contributed by atoms with E-state index in [0.29, 0.717) is 49.2 Å². The second-order valence-corrected chi connectivity index (χ2v) is 49.4. The minimum absolute atomic E-state index is 0. The van der Waals surface area contributed by atoms with Crippen molar-refractivity contribution in [3.63, 3.8) is 0 Å². The Morgan fingerprint density at radius 2 is 0.713 bits per heavy atom. The van der Waals surface area contributed by atoms with Crippen molar-refractivity contribution in [1.82, 2.24) is 0 Å². The van der Waals surface area contributed by atoms with Crippen LogP contribution in [0.5, 0.6) is 0 Å². The third kappa shape index (κ3) is 54.4. The maximum absolute atomic E-state index is 12.3. The van der Waals surface area contributed by atoms with Crippen LogP contribution in [0.3, 0.4) is 0 Å². The molecule has 7 atom stereocenters. The standard InChI is InChI=1S/C10H22.2C9H18.C9H20.2C8H13F3O.C8H15F.C8H14O2.C8H18O.2C7H14O2.C7H14.CH4/c1-8(9(2,3)4)10(5,6)7;1-8(2,3)9(4)6-5-7-9;1-7(8-5-6-8)9(2,3)4;1-7(2)8(3)9(4,5)6;2*1-5(12)6(7(2,3)4)8(9,10)11;1-7(2,3)8(6-9)4-5-8;1-7(2,3)8(4-5-8)6(9)10;1-7(6-9-5)8(2,3)4;2*1-5(6(8)9)7(2,3)4;1-7(2,3)6-4-5-6;/h8H,1-7H3;5-7H2,1-4H3;7-8H,5-6H2,1-4H3;7-8H,1-6H3;2*6H,1-4H3;4-6H2,1-3H3;4-5H2,1-3H3,(H,9,10);7H,6H2,1-5H3;2*5H,1-4H3,(H,8,9);6H,4-5H2,1-3H3;1H4/t;;7-;8-;2*6-;;;7-;2*5-;;/m..1110..110../s1. The molecule has 696 valence electrons. The van der Waals surface area contributed by atoms with E-state index in [1.807, 2.05) is 62.3 Å². The molecule has 5 fully saturated rings. The Bertz CT molecular complexity index is 2530. The lowest BCUT2D eigenvalue weighted by Gasteiger charge is -2.49. The quantitative estimate of drug-likeness (QED) is 0.181. The molecule has 0 aliphatic heterocycles. The van der Waals surface area contributed by atoms with Gasteiger partial charge in [-0.3, -0.25) is 28.4 Å². The Kier molecular flexibility index (Phi) is 53.7. The first-order chi connectivity index (χ1) is 49.3. The van der Waals surface area contributed by atoms with Gasteiger partial charge in [-0.05, 0) is 195 Å². The number of aliphatic carboxylic acids is 3. The molecule has 0 aromatic carbocycles. The van der Waals surface area contributed by atoms with Crippen molar-refractivity contribution in [2.75, 3.05) is 20.4 Å². The number of methoxy groups -OCH3 is 1. The Hall–Kier alpha value is -2.78. The van der Waals surface area contributed by atoms with Gasteiger partial charge in [0.1, 0.15) is 23.4 Å². The molecule has 5 saturated carbocycles. The summed E-state index contributed by atoms with van der Waals surface area (Å²) in [6.07, 6.45) is 5.29. The highest BCUT2D eigenvalue weighted by Crippen LogP contribution is 2.60. The molecule has 5 rings (SSSR count). The zero-order valence-corrected chi connectivity index (χ0v) is 84.5. The predicted molar refractivity (Wildman–Crippen MR) is 481 cm³/mol. The van der Waals surface area contributed by atoms with Gasteiger partial charge in [0.2, 0.25) is 0 Å². The van der Waals surface area contributed by atoms with Crippen molar-refractivity contribution < 1.29 is 74.8 Å². The highest BCUT2D eigenvalue weighted by molar-refractivity contribution is 5.80. The molecule has 0 aromatic heterocycles. The number of ether oxygens (including phenoxy) is 1. The molecule has 115 heavy (non-hydrogen) atoms. The number of carboxylic acid groups (broad SMARTS) is 3. The van der Waals surface area contributed by atoms with E-state index in [1.54, 1.807) is 21.0 Å². The maximum atomic E-state index is 12.3. The van der Waals surface area contributed by atoms with Gasteiger partial charge in [0, 0.05) is 19.1 Å². The predicted octanol–water partition coefficient (Wildman–Crippen LogP) is 32.5. The van der Waals surface area contributed by atoms with Crippen LogP contribution in [0.2, 0.25) is 0 Å². The maximum Gasteiger partial charge on any atom is 0.399 e. The van der Waals surface area contributed by atoms with Crippen molar-refractivity contribution in [2.24, 2.45) is 152 Å². The van der Waals surface area contributed by atoms with Gasteiger partial charge in [-0.25, -0.2) is 0 Å². The van der Waals surface area contributed by atoms with Crippen LogP contribution in [0.4, 0.5) is 30.7 Å². The summed E-state index contributed by atoms with van der Waals surface area (Å²) in [5.74, 6) is -1.89. The minimum atomic E-state index is -4.43. The Morgan fingerprint density at radius 3 is 0.730 bits per heavy atom. The minimum Gasteiger partial charge on any atom is -0.481 e. The lowest BCUT2D eigenvalue weighted by atomic mass is 9.56. The van der Waals surface area contributed by atoms with Crippen molar-refractivity contribution >= 4 is 29.5 Å². The Morgan fingerprint density at radius 1 is 0.409 bits per heavy atom. The van der Waals surface area contributed by atoms with Crippen LogP contribution in [0.25, 0.3) is 0 Å². The van der Waals surface area contributed by atoms with Gasteiger partial charge in [-0.1, -0.05) is 346 Å². The molecular weight excluding hydrogens is 1470 g/mol. The smallest absolute Gasteiger partial charge is 0.399 e. The fraction of sp³-hybridized carbons (Fsp3) is 0.949. The molecule has 5 aliphatic rings. The molecule has 0 unspecified atom stereocenters. The zero-order valence-electron chi connectivity index (χ0n) is 84.5. The average molecular weight is 1660 g/mol. The number of carbonyl (C=O) groups excluding carboxylic acids is 2. The largest absolute Gasteiger partial charge is 0.481 e. The number of halogens is 7. The number of carboxylic acids is 3. The van der Waals surface area contributed by atoms with E-state index >= 15 is 0 Å². The molecule has 0 saturated heterocycles. The lowest BCUT2D eigenvalue weighted by molar-refractivity contribution is -0.201. The SMILES string of the molecule is C.CC(=O)[C@@H](C(C)(C)C)C(F)(F)F.CC(=O)[C@H](C(C)(C)C)C(F)(F)F.CC(C(C)(C)C)C(C)(C)C.CC(C)(C)C1(C(=O)O)CC1.CC(C)(C)C1(C)CCC1.CC(C)(C)C1(CF)CC1.CC(C)(C)C1CC1.CC(C)[C@@H](C)C(C)(C)C.COC[C@@H](C)C(C)(C)C.C[C@@H](C(=O)O)C(C)(C)C.C[C@H](C(=O)O)C(C)(C)C.C[C@H](C1CC1)C(C)(C)C. The van der Waals surface area contributed by atoms with Gasteiger partial charge < -0.3 is 20.1 Å². The van der Waals surface area contributed by atoms with Crippen molar-refractivity contribution in [1.29, 1.82) is 0 Å². The summed E-state index contributed by atoms with van der Waals surface area (Å²) in [6, 6.07) is 0.